The van der Waals surface area contributed by atoms with E-state index in [1.807, 2.05) is 13.8 Å². The van der Waals surface area contributed by atoms with Gasteiger partial charge in [-0.1, -0.05) is 34.0 Å². The highest BCUT2D eigenvalue weighted by Crippen LogP contribution is 2.45. The van der Waals surface area contributed by atoms with Gasteiger partial charge in [-0.25, -0.2) is 13.6 Å². The van der Waals surface area contributed by atoms with Crippen LogP contribution < -0.4 is 4.74 Å². The molecule has 0 bridgehead atoms. The van der Waals surface area contributed by atoms with Crippen molar-refractivity contribution in [2.45, 2.75) is 57.8 Å². The van der Waals surface area contributed by atoms with E-state index in [9.17, 15) is 13.6 Å². The minimum absolute atomic E-state index is 0.0109. The van der Waals surface area contributed by atoms with Gasteiger partial charge in [-0.15, -0.1) is 0 Å². The van der Waals surface area contributed by atoms with Crippen molar-refractivity contribution in [2.24, 2.45) is 5.16 Å². The number of hydrogen-bond donors (Lipinski definition) is 0. The van der Waals surface area contributed by atoms with Gasteiger partial charge in [0.05, 0.1) is 29.0 Å². The zero-order valence-corrected chi connectivity index (χ0v) is 23.8. The molecule has 4 aromatic rings. The number of rotatable bonds is 9. The van der Waals surface area contributed by atoms with Gasteiger partial charge >= 0.3 is 5.97 Å². The van der Waals surface area contributed by atoms with Crippen LogP contribution in [0.2, 0.25) is 5.02 Å². The van der Waals surface area contributed by atoms with Crippen LogP contribution >= 0.6 is 11.6 Å². The molecule has 0 radical (unpaired) electrons. The van der Waals surface area contributed by atoms with Crippen molar-refractivity contribution in [1.82, 2.24) is 14.9 Å². The molecule has 2 aliphatic rings. The summed E-state index contributed by atoms with van der Waals surface area (Å²) in [6.07, 6.45) is 1.76. The highest BCUT2D eigenvalue weighted by Gasteiger charge is 2.34. The maximum atomic E-state index is 14.6. The third-order valence-electron chi connectivity index (χ3n) is 7.25. The number of esters is 1. The maximum Gasteiger partial charge on any atom is 0.358 e. The van der Waals surface area contributed by atoms with Crippen LogP contribution in [-0.2, 0) is 16.2 Å². The Bertz CT molecular complexity index is 1670. The molecule has 9 nitrogen and oxygen atoms in total. The van der Waals surface area contributed by atoms with Crippen molar-refractivity contribution in [1.29, 1.82) is 0 Å². The molecule has 1 aliphatic heterocycles. The number of carbonyl (C=O) groups is 1. The SMILES string of the molecule is COC(=O)c1cc(C2=NOC(c3ccc(OCc4c(-c5c(F)cccc5F)noc4C4CC4)cc3Cl)C2)n(C(C)C)n1. The molecule has 0 amide bonds. The van der Waals surface area contributed by atoms with Gasteiger partial charge in [-0.3, -0.25) is 4.68 Å². The third-order valence-corrected chi connectivity index (χ3v) is 7.58. The topological polar surface area (TPSA) is 101 Å². The van der Waals surface area contributed by atoms with E-state index in [-0.39, 0.29) is 35.5 Å². The van der Waals surface area contributed by atoms with E-state index in [1.54, 1.807) is 28.9 Å². The molecule has 2 aromatic heterocycles. The summed E-state index contributed by atoms with van der Waals surface area (Å²) in [5.74, 6) is -0.811. The number of hydrogen-bond acceptors (Lipinski definition) is 8. The Morgan fingerprint density at radius 3 is 2.60 bits per heavy atom. The maximum absolute atomic E-state index is 14.6. The normalized spacial score (nSPS) is 16.5. The summed E-state index contributed by atoms with van der Waals surface area (Å²) in [6.45, 7) is 3.89. The molecule has 2 aromatic carbocycles. The van der Waals surface area contributed by atoms with Gasteiger partial charge in [-0.2, -0.15) is 5.10 Å². The Morgan fingerprint density at radius 1 is 1.17 bits per heavy atom. The summed E-state index contributed by atoms with van der Waals surface area (Å²) in [5, 5.41) is 13.0. The van der Waals surface area contributed by atoms with Crippen LogP contribution in [0.4, 0.5) is 8.78 Å². The van der Waals surface area contributed by atoms with Gasteiger partial charge in [0.25, 0.3) is 0 Å². The average molecular weight is 597 g/mol. The molecule has 0 spiro atoms. The number of halogens is 3. The second-order valence-electron chi connectivity index (χ2n) is 10.5. The van der Waals surface area contributed by atoms with E-state index < -0.39 is 23.7 Å². The highest BCUT2D eigenvalue weighted by atomic mass is 35.5. The first-order valence-electron chi connectivity index (χ1n) is 13.5. The first kappa shape index (κ1) is 27.9. The standard InChI is InChI=1S/C30H27ClF2N4O5/c1-15(2)37-25(12-24(34-37)30(38)39-3)23-13-26(41-35-23)18-10-9-17(11-20(18)31)40-14-19-28(36-42-29(19)16-7-8-16)27-21(32)5-4-6-22(27)33/h4-6,9-12,15-16,26H,7-8,13-14H2,1-3H3. The lowest BCUT2D eigenvalue weighted by atomic mass is 10.0. The minimum Gasteiger partial charge on any atom is -0.489 e. The number of oxime groups is 1. The monoisotopic (exact) mass is 596 g/mol. The van der Waals surface area contributed by atoms with Crippen molar-refractivity contribution in [2.75, 3.05) is 7.11 Å². The molecule has 1 saturated carbocycles. The second kappa shape index (κ2) is 11.2. The van der Waals surface area contributed by atoms with E-state index in [2.05, 4.69) is 15.4 Å². The van der Waals surface area contributed by atoms with Gasteiger partial charge in [0.1, 0.15) is 41.2 Å². The zero-order valence-electron chi connectivity index (χ0n) is 23.1. The molecule has 0 N–H and O–H groups in total. The van der Waals surface area contributed by atoms with Gasteiger partial charge in [0, 0.05) is 30.0 Å². The van der Waals surface area contributed by atoms with Crippen LogP contribution in [0.15, 0.2) is 52.1 Å². The molecule has 1 atom stereocenters. The summed E-state index contributed by atoms with van der Waals surface area (Å²) in [6, 6.07) is 10.5. The summed E-state index contributed by atoms with van der Waals surface area (Å²) in [4.78, 5) is 17.8. The number of aromatic nitrogens is 3. The van der Waals surface area contributed by atoms with Crippen LogP contribution in [0.5, 0.6) is 5.75 Å². The van der Waals surface area contributed by atoms with E-state index in [0.717, 1.165) is 12.8 Å². The number of methoxy groups -OCH3 is 1. The summed E-state index contributed by atoms with van der Waals surface area (Å²) in [5.41, 5.74) is 2.52. The van der Waals surface area contributed by atoms with Crippen LogP contribution in [0.3, 0.4) is 0 Å². The van der Waals surface area contributed by atoms with Crippen LogP contribution in [-0.4, -0.2) is 33.7 Å². The molecule has 1 unspecified atom stereocenters. The van der Waals surface area contributed by atoms with E-state index in [0.29, 0.717) is 45.5 Å². The van der Waals surface area contributed by atoms with Crippen molar-refractivity contribution in [3.05, 3.63) is 87.4 Å². The zero-order chi connectivity index (χ0) is 29.5. The predicted molar refractivity (Wildman–Crippen MR) is 149 cm³/mol. The Kier molecular flexibility index (Phi) is 7.44. The smallest absolute Gasteiger partial charge is 0.358 e. The Hall–Kier alpha value is -4.25. The van der Waals surface area contributed by atoms with Crippen molar-refractivity contribution in [3.8, 4) is 17.0 Å². The Morgan fingerprint density at radius 2 is 1.93 bits per heavy atom. The average Bonchev–Trinajstić information content (AvgIpc) is 3.33. The van der Waals surface area contributed by atoms with Gasteiger partial charge in [0.2, 0.25) is 0 Å². The molecule has 0 saturated heterocycles. The number of carbonyl (C=O) groups excluding carboxylic acids is 1. The third kappa shape index (κ3) is 5.24. The van der Waals surface area contributed by atoms with Crippen LogP contribution in [0.1, 0.15) is 84.2 Å². The molecule has 1 aliphatic carbocycles. The van der Waals surface area contributed by atoms with E-state index in [4.69, 9.17) is 30.4 Å². The molecule has 3 heterocycles. The molecule has 218 valence electrons. The highest BCUT2D eigenvalue weighted by molar-refractivity contribution is 6.31. The first-order valence-corrected chi connectivity index (χ1v) is 13.9. The first-order chi connectivity index (χ1) is 20.2. The molecule has 6 rings (SSSR count). The summed E-state index contributed by atoms with van der Waals surface area (Å²) in [7, 11) is 1.30. The molecular weight excluding hydrogens is 570 g/mol. The lowest BCUT2D eigenvalue weighted by molar-refractivity contribution is 0.0592. The minimum atomic E-state index is -0.726. The quantitative estimate of drug-likeness (QED) is 0.189. The molecule has 42 heavy (non-hydrogen) atoms. The van der Waals surface area contributed by atoms with Gasteiger partial charge in [0.15, 0.2) is 11.8 Å². The Balaban J connectivity index is 1.19. The summed E-state index contributed by atoms with van der Waals surface area (Å²) >= 11 is 6.65. The fourth-order valence-electron chi connectivity index (χ4n) is 4.97. The van der Waals surface area contributed by atoms with Gasteiger partial charge < -0.3 is 18.8 Å². The largest absolute Gasteiger partial charge is 0.489 e. The molecule has 12 heteroatoms. The van der Waals surface area contributed by atoms with Crippen molar-refractivity contribution in [3.63, 3.8) is 0 Å². The van der Waals surface area contributed by atoms with Crippen molar-refractivity contribution >= 4 is 23.3 Å². The van der Waals surface area contributed by atoms with Gasteiger partial charge in [-0.05, 0) is 51.0 Å². The van der Waals surface area contributed by atoms with Crippen LogP contribution in [0, 0.1) is 11.6 Å². The number of nitrogens with zero attached hydrogens (tertiary/aromatic N) is 4. The molecular formula is C30H27ClF2N4O5. The molecule has 1 fully saturated rings. The van der Waals surface area contributed by atoms with Crippen molar-refractivity contribution < 1.29 is 32.4 Å². The summed E-state index contributed by atoms with van der Waals surface area (Å²) < 4.78 is 47.2. The fraction of sp³-hybridized carbons (Fsp3) is 0.333. The van der Waals surface area contributed by atoms with E-state index >= 15 is 0 Å². The predicted octanol–water partition coefficient (Wildman–Crippen LogP) is 7.16. The Labute approximate surface area is 245 Å². The number of ether oxygens (including phenoxy) is 2. The van der Waals surface area contributed by atoms with Crippen LogP contribution in [0.25, 0.3) is 11.3 Å². The number of benzene rings is 2. The lowest BCUT2D eigenvalue weighted by Crippen LogP contribution is -2.13. The second-order valence-corrected chi connectivity index (χ2v) is 10.9. The fourth-order valence-corrected chi connectivity index (χ4v) is 5.26. The van der Waals surface area contributed by atoms with E-state index in [1.165, 1.54) is 25.3 Å². The lowest BCUT2D eigenvalue weighted by Gasteiger charge is -2.14.